The van der Waals surface area contributed by atoms with Gasteiger partial charge in [-0.3, -0.25) is 4.79 Å². The Morgan fingerprint density at radius 1 is 0.686 bits per heavy atom. The maximum atomic E-state index is 12.7. The summed E-state index contributed by atoms with van der Waals surface area (Å²) >= 11 is 0. The molecular formula is C15H7Na3O14S3. The van der Waals surface area contributed by atoms with Crippen molar-refractivity contribution in [3.05, 3.63) is 52.7 Å². The van der Waals surface area contributed by atoms with Crippen LogP contribution in [0.15, 0.2) is 51.7 Å². The van der Waals surface area contributed by atoms with Gasteiger partial charge in [-0.05, 0) is 24.3 Å². The summed E-state index contributed by atoms with van der Waals surface area (Å²) in [5.74, 6) is -3.00. The van der Waals surface area contributed by atoms with E-state index in [9.17, 15) is 43.7 Å². The molecule has 20 heteroatoms. The van der Waals surface area contributed by atoms with Gasteiger partial charge in [0.15, 0.2) is 5.76 Å². The average Bonchev–Trinajstić information content (AvgIpc) is 2.60. The zero-order valence-electron chi connectivity index (χ0n) is 18.0. The molecule has 0 aliphatic heterocycles. The van der Waals surface area contributed by atoms with Gasteiger partial charge < -0.3 is 30.6 Å². The molecule has 0 unspecified atom stereocenters. The summed E-state index contributed by atoms with van der Waals surface area (Å²) in [6.45, 7) is 0. The first kappa shape index (κ1) is 34.8. The Morgan fingerprint density at radius 3 is 1.71 bits per heavy atom. The summed E-state index contributed by atoms with van der Waals surface area (Å²) in [7, 11) is -15.9. The van der Waals surface area contributed by atoms with Crippen molar-refractivity contribution in [1.29, 1.82) is 0 Å². The van der Waals surface area contributed by atoms with Crippen LogP contribution >= 0.6 is 0 Å². The number of benzene rings is 2. The quantitative estimate of drug-likeness (QED) is 0.144. The van der Waals surface area contributed by atoms with Crippen LogP contribution < -0.4 is 107 Å². The third-order valence-corrected chi connectivity index (χ3v) is 4.66. The number of rotatable bonds is 7. The van der Waals surface area contributed by atoms with Gasteiger partial charge >= 0.3 is 88.7 Å². The molecule has 2 aromatic carbocycles. The van der Waals surface area contributed by atoms with Crippen molar-refractivity contribution in [1.82, 2.24) is 0 Å². The second-order valence-electron chi connectivity index (χ2n) is 5.75. The zero-order valence-corrected chi connectivity index (χ0v) is 26.4. The molecule has 0 atom stereocenters. The van der Waals surface area contributed by atoms with Crippen molar-refractivity contribution in [2.75, 3.05) is 0 Å². The molecule has 0 saturated heterocycles. The van der Waals surface area contributed by atoms with Gasteiger partial charge in [-0.15, -0.1) is 0 Å². The molecule has 0 amide bonds. The van der Waals surface area contributed by atoms with Gasteiger partial charge in [0.25, 0.3) is 31.2 Å². The molecule has 0 spiro atoms. The minimum atomic E-state index is -5.50. The molecule has 0 radical (unpaired) electrons. The normalized spacial score (nSPS) is 11.4. The first-order valence-electron chi connectivity index (χ1n) is 7.78. The van der Waals surface area contributed by atoms with E-state index in [4.69, 9.17) is 4.42 Å². The smallest absolute Gasteiger partial charge is 0.716 e. The summed E-state index contributed by atoms with van der Waals surface area (Å²) < 4.78 is 116. The van der Waals surface area contributed by atoms with E-state index >= 15 is 0 Å². The molecule has 0 fully saturated rings. The SMILES string of the molecule is O=c1c(OS(=O)(=O)[O-])c(-c2cccc(OS(=O)(=O)[O-])c2)oc2cc(OS(=O)(=O)[O-])ccc12.[Na+].[Na+].[Na+]. The first-order valence-corrected chi connectivity index (χ1v) is 11.8. The molecule has 0 bridgehead atoms. The molecule has 1 aromatic heterocycles. The van der Waals surface area contributed by atoms with Gasteiger partial charge in [0, 0.05) is 11.6 Å². The van der Waals surface area contributed by atoms with Crippen LogP contribution in [0.2, 0.25) is 0 Å². The maximum absolute atomic E-state index is 12.7. The van der Waals surface area contributed by atoms with Gasteiger partial charge in [0.2, 0.25) is 11.2 Å². The minimum absolute atomic E-state index is 0. The zero-order chi connectivity index (χ0) is 23.9. The van der Waals surface area contributed by atoms with Crippen LogP contribution in [-0.2, 0) is 31.2 Å². The van der Waals surface area contributed by atoms with E-state index in [0.717, 1.165) is 42.5 Å². The molecule has 35 heavy (non-hydrogen) atoms. The van der Waals surface area contributed by atoms with Gasteiger partial charge in [0.05, 0.1) is 5.39 Å². The summed E-state index contributed by atoms with van der Waals surface area (Å²) in [6, 6.07) is 6.70. The fourth-order valence-corrected chi connectivity index (χ4v) is 3.54. The summed E-state index contributed by atoms with van der Waals surface area (Å²) in [4.78, 5) is 12.7. The largest absolute Gasteiger partial charge is 1.00 e. The number of fused-ring (bicyclic) bond motifs is 1. The van der Waals surface area contributed by atoms with Crippen LogP contribution in [0.1, 0.15) is 0 Å². The second kappa shape index (κ2) is 13.0. The number of hydrogen-bond acceptors (Lipinski definition) is 14. The van der Waals surface area contributed by atoms with Gasteiger partial charge in [-0.1, -0.05) is 12.1 Å². The Bertz CT molecular complexity index is 1600. The third kappa shape index (κ3) is 10.2. The molecule has 14 nitrogen and oxygen atoms in total. The van der Waals surface area contributed by atoms with Crippen LogP contribution in [-0.4, -0.2) is 38.9 Å². The van der Waals surface area contributed by atoms with Crippen LogP contribution in [0.4, 0.5) is 0 Å². The van der Waals surface area contributed by atoms with E-state index in [1.54, 1.807) is 0 Å². The number of hydrogen-bond donors (Lipinski definition) is 0. The Balaban J connectivity index is 0.00000385. The van der Waals surface area contributed by atoms with E-state index < -0.39 is 70.6 Å². The molecule has 172 valence electrons. The monoisotopic (exact) mass is 576 g/mol. The fourth-order valence-electron chi connectivity index (χ4n) is 2.50. The Hall–Kier alpha value is -0.220. The molecule has 0 saturated carbocycles. The summed E-state index contributed by atoms with van der Waals surface area (Å²) in [5.41, 5.74) is -1.93. The minimum Gasteiger partial charge on any atom is -0.716 e. The van der Waals surface area contributed by atoms with Gasteiger partial charge in [0.1, 0.15) is 17.1 Å². The van der Waals surface area contributed by atoms with E-state index in [2.05, 4.69) is 12.5 Å². The standard InChI is InChI=1S/C15H10O14S3.3Na/c16-13-11-5-4-10(28-31(20,21)22)7-12(11)26-14(15(13)29-32(23,24)25)8-2-1-3-9(6-8)27-30(17,18)19;;;/h1-7H,(H,17,18,19)(H,20,21,22)(H,23,24,25);;;/q;3*+1/p-3. The Kier molecular flexibility index (Phi) is 12.9. The molecule has 0 aliphatic carbocycles. The summed E-state index contributed by atoms with van der Waals surface area (Å²) in [5, 5.41) is -0.405. The van der Waals surface area contributed by atoms with Crippen LogP contribution in [0.5, 0.6) is 17.2 Å². The van der Waals surface area contributed by atoms with Gasteiger partial charge in [-0.25, -0.2) is 25.3 Å². The molecule has 3 aromatic rings. The van der Waals surface area contributed by atoms with Crippen LogP contribution in [0.25, 0.3) is 22.3 Å². The average molecular weight is 576 g/mol. The van der Waals surface area contributed by atoms with Crippen molar-refractivity contribution in [2.45, 2.75) is 0 Å². The third-order valence-electron chi connectivity index (χ3n) is 3.50. The van der Waals surface area contributed by atoms with Crippen LogP contribution in [0, 0.1) is 0 Å². The molecule has 0 aliphatic rings. The molecule has 1 heterocycles. The molecular weight excluding hydrogens is 569 g/mol. The summed E-state index contributed by atoms with van der Waals surface area (Å²) in [6.07, 6.45) is 0. The molecule has 3 rings (SSSR count). The van der Waals surface area contributed by atoms with E-state index in [1.807, 2.05) is 0 Å². The van der Waals surface area contributed by atoms with E-state index in [0.29, 0.717) is 0 Å². The fraction of sp³-hybridized carbons (Fsp3) is 0. The van der Waals surface area contributed by atoms with Crippen molar-refractivity contribution in [3.8, 4) is 28.6 Å². The predicted molar refractivity (Wildman–Crippen MR) is 98.9 cm³/mol. The van der Waals surface area contributed by atoms with Crippen molar-refractivity contribution < 1.29 is 145 Å². The molecule has 0 N–H and O–H groups in total. The van der Waals surface area contributed by atoms with E-state index in [1.165, 1.54) is 0 Å². The Labute approximate surface area is 264 Å². The van der Waals surface area contributed by atoms with Gasteiger partial charge in [-0.2, -0.15) is 0 Å². The van der Waals surface area contributed by atoms with Crippen molar-refractivity contribution >= 4 is 42.2 Å². The van der Waals surface area contributed by atoms with E-state index in [-0.39, 0.29) is 94.2 Å². The van der Waals surface area contributed by atoms with Crippen LogP contribution in [0.3, 0.4) is 0 Å². The Morgan fingerprint density at radius 2 is 1.20 bits per heavy atom. The maximum Gasteiger partial charge on any atom is 1.00 e. The topological polar surface area (TPSA) is 229 Å². The van der Waals surface area contributed by atoms with Crippen molar-refractivity contribution in [2.24, 2.45) is 0 Å². The second-order valence-corrected chi connectivity index (χ2v) is 8.70. The first-order chi connectivity index (χ1) is 14.6. The predicted octanol–water partition coefficient (Wildman–Crippen LogP) is -9.01. The van der Waals surface area contributed by atoms with Crippen molar-refractivity contribution in [3.63, 3.8) is 0 Å².